The number of hydrogen-bond donors (Lipinski definition) is 2. The van der Waals surface area contributed by atoms with Crippen molar-refractivity contribution in [3.05, 3.63) is 45.3 Å². The van der Waals surface area contributed by atoms with Gasteiger partial charge in [-0.3, -0.25) is 4.79 Å². The molecule has 0 aromatic carbocycles. The number of rotatable bonds is 4. The summed E-state index contributed by atoms with van der Waals surface area (Å²) in [6, 6.07) is 5.60. The smallest absolute Gasteiger partial charge is 0.250 e. The number of anilines is 1. The van der Waals surface area contributed by atoms with Crippen LogP contribution in [0.1, 0.15) is 25.7 Å². The summed E-state index contributed by atoms with van der Waals surface area (Å²) < 4.78 is 0. The van der Waals surface area contributed by atoms with E-state index < -0.39 is 5.91 Å². The van der Waals surface area contributed by atoms with E-state index in [0.717, 1.165) is 12.4 Å². The number of carbonyl (C=O) groups is 1. The van der Waals surface area contributed by atoms with Gasteiger partial charge in [0.05, 0.1) is 12.1 Å². The molecule has 4 nitrogen and oxygen atoms in total. The highest BCUT2D eigenvalue weighted by molar-refractivity contribution is 7.12. The van der Waals surface area contributed by atoms with Crippen LogP contribution < -0.4 is 11.1 Å². The topological polar surface area (TPSA) is 68.0 Å². The first kappa shape index (κ1) is 12.6. The molecule has 18 heavy (non-hydrogen) atoms. The van der Waals surface area contributed by atoms with Crippen molar-refractivity contribution in [3.8, 4) is 0 Å². The molecular formula is C13H15N3OS. The second-order valence-electron chi connectivity index (χ2n) is 4.10. The molecule has 0 aliphatic rings. The van der Waals surface area contributed by atoms with Crippen molar-refractivity contribution in [2.24, 2.45) is 5.73 Å². The fraction of sp³-hybridized carbons (Fsp3) is 0.231. The molecule has 0 aliphatic carbocycles. The van der Waals surface area contributed by atoms with Gasteiger partial charge >= 0.3 is 0 Å². The molecule has 2 aromatic rings. The third kappa shape index (κ3) is 2.87. The van der Waals surface area contributed by atoms with Gasteiger partial charge in [0.1, 0.15) is 5.82 Å². The lowest BCUT2D eigenvalue weighted by atomic mass is 10.2. The van der Waals surface area contributed by atoms with E-state index in [0.29, 0.717) is 5.56 Å². The highest BCUT2D eigenvalue weighted by Gasteiger charge is 2.03. The molecule has 3 N–H and O–H groups in total. The summed E-state index contributed by atoms with van der Waals surface area (Å²) in [7, 11) is 0. The Labute approximate surface area is 110 Å². The molecule has 1 amide bonds. The summed E-state index contributed by atoms with van der Waals surface area (Å²) in [6.45, 7) is 4.96. The van der Waals surface area contributed by atoms with Gasteiger partial charge < -0.3 is 11.1 Å². The van der Waals surface area contributed by atoms with Crippen molar-refractivity contribution < 1.29 is 4.79 Å². The largest absolute Gasteiger partial charge is 0.366 e. The first-order valence-electron chi connectivity index (χ1n) is 5.62. The van der Waals surface area contributed by atoms with Gasteiger partial charge in [-0.1, -0.05) is 0 Å². The third-order valence-electron chi connectivity index (χ3n) is 2.71. The van der Waals surface area contributed by atoms with Crippen molar-refractivity contribution in [2.75, 3.05) is 5.32 Å². The number of hydrogen-bond acceptors (Lipinski definition) is 4. The van der Waals surface area contributed by atoms with Gasteiger partial charge in [-0.15, -0.1) is 11.3 Å². The van der Waals surface area contributed by atoms with Gasteiger partial charge in [-0.25, -0.2) is 4.98 Å². The minimum atomic E-state index is -0.460. The van der Waals surface area contributed by atoms with Crippen LogP contribution in [0.25, 0.3) is 0 Å². The van der Waals surface area contributed by atoms with E-state index in [-0.39, 0.29) is 0 Å². The van der Waals surface area contributed by atoms with Crippen LogP contribution in [-0.4, -0.2) is 10.9 Å². The molecule has 2 aromatic heterocycles. The number of amides is 1. The van der Waals surface area contributed by atoms with Gasteiger partial charge in [0.2, 0.25) is 5.91 Å². The van der Waals surface area contributed by atoms with Gasteiger partial charge in [-0.05, 0) is 37.6 Å². The minimum absolute atomic E-state index is 0.420. The molecule has 94 valence electrons. The molecule has 0 saturated carbocycles. The standard InChI is InChI=1S/C13H15N3OS/c1-8-5-11(18-9(8)2)7-16-12-4-3-10(6-15-12)13(14)17/h3-6H,7H2,1-2H3,(H2,14,17)(H,15,16). The maximum absolute atomic E-state index is 10.9. The second kappa shape index (κ2) is 5.18. The number of aromatic nitrogens is 1. The van der Waals surface area contributed by atoms with E-state index in [9.17, 15) is 4.79 Å². The fourth-order valence-electron chi connectivity index (χ4n) is 1.56. The number of carbonyl (C=O) groups excluding carboxylic acids is 1. The highest BCUT2D eigenvalue weighted by atomic mass is 32.1. The molecule has 0 atom stereocenters. The summed E-state index contributed by atoms with van der Waals surface area (Å²) in [5.74, 6) is 0.280. The molecular weight excluding hydrogens is 246 g/mol. The van der Waals surface area contributed by atoms with E-state index in [1.807, 2.05) is 0 Å². The predicted octanol–water partition coefficient (Wildman–Crippen LogP) is 2.47. The molecule has 0 bridgehead atoms. The fourth-order valence-corrected chi connectivity index (χ4v) is 2.55. The zero-order valence-corrected chi connectivity index (χ0v) is 11.2. The van der Waals surface area contributed by atoms with Gasteiger partial charge in [0, 0.05) is 16.0 Å². The van der Waals surface area contributed by atoms with Crippen LogP contribution >= 0.6 is 11.3 Å². The Hall–Kier alpha value is -1.88. The first-order valence-corrected chi connectivity index (χ1v) is 6.43. The Morgan fingerprint density at radius 2 is 2.22 bits per heavy atom. The quantitative estimate of drug-likeness (QED) is 0.888. The zero-order chi connectivity index (χ0) is 13.1. The van der Waals surface area contributed by atoms with Gasteiger partial charge in [0.25, 0.3) is 0 Å². The number of pyridine rings is 1. The molecule has 0 aliphatic heterocycles. The summed E-state index contributed by atoms with van der Waals surface area (Å²) in [6.07, 6.45) is 1.48. The van der Waals surface area contributed by atoms with Crippen molar-refractivity contribution in [1.82, 2.24) is 4.98 Å². The van der Waals surface area contributed by atoms with Gasteiger partial charge in [0.15, 0.2) is 0 Å². The molecule has 0 radical (unpaired) electrons. The maximum Gasteiger partial charge on any atom is 0.250 e. The summed E-state index contributed by atoms with van der Waals surface area (Å²) in [5.41, 5.74) is 6.88. The lowest BCUT2D eigenvalue weighted by Crippen LogP contribution is -2.11. The molecule has 2 rings (SSSR count). The number of primary amides is 1. The Balaban J connectivity index is 2.00. The minimum Gasteiger partial charge on any atom is -0.366 e. The Morgan fingerprint density at radius 1 is 1.44 bits per heavy atom. The van der Waals surface area contributed by atoms with Crippen LogP contribution in [0.3, 0.4) is 0 Å². The first-order chi connectivity index (χ1) is 8.56. The Morgan fingerprint density at radius 3 is 2.72 bits per heavy atom. The number of nitrogens with zero attached hydrogens (tertiary/aromatic N) is 1. The van der Waals surface area contributed by atoms with Crippen molar-refractivity contribution >= 4 is 23.1 Å². The maximum atomic E-state index is 10.9. The molecule has 0 saturated heterocycles. The average Bonchev–Trinajstić information content (AvgIpc) is 2.67. The molecule has 2 heterocycles. The van der Waals surface area contributed by atoms with Crippen LogP contribution in [0.2, 0.25) is 0 Å². The summed E-state index contributed by atoms with van der Waals surface area (Å²) >= 11 is 1.78. The lowest BCUT2D eigenvalue weighted by molar-refractivity contribution is 0.1000. The second-order valence-corrected chi connectivity index (χ2v) is 5.44. The predicted molar refractivity (Wildman–Crippen MR) is 73.9 cm³/mol. The highest BCUT2D eigenvalue weighted by Crippen LogP contribution is 2.21. The van der Waals surface area contributed by atoms with Gasteiger partial charge in [-0.2, -0.15) is 0 Å². The molecule has 0 fully saturated rings. The van der Waals surface area contributed by atoms with Crippen molar-refractivity contribution in [3.63, 3.8) is 0 Å². The zero-order valence-electron chi connectivity index (χ0n) is 10.4. The van der Waals surface area contributed by atoms with E-state index in [2.05, 4.69) is 30.2 Å². The van der Waals surface area contributed by atoms with E-state index in [1.165, 1.54) is 21.5 Å². The van der Waals surface area contributed by atoms with E-state index in [1.54, 1.807) is 23.5 Å². The molecule has 0 spiro atoms. The number of aryl methyl sites for hydroxylation is 2. The SMILES string of the molecule is Cc1cc(CNc2ccc(C(N)=O)cn2)sc1C. The van der Waals surface area contributed by atoms with Crippen molar-refractivity contribution in [2.45, 2.75) is 20.4 Å². The third-order valence-corrected chi connectivity index (χ3v) is 3.86. The van der Waals surface area contributed by atoms with Crippen LogP contribution in [0.5, 0.6) is 0 Å². The van der Waals surface area contributed by atoms with E-state index in [4.69, 9.17) is 5.73 Å². The Kier molecular flexibility index (Phi) is 3.62. The number of thiophene rings is 1. The van der Waals surface area contributed by atoms with E-state index >= 15 is 0 Å². The number of nitrogens with one attached hydrogen (secondary N) is 1. The molecule has 0 unspecified atom stereocenters. The van der Waals surface area contributed by atoms with Crippen LogP contribution in [0, 0.1) is 13.8 Å². The van der Waals surface area contributed by atoms with Crippen molar-refractivity contribution in [1.29, 1.82) is 0 Å². The Bertz CT molecular complexity index is 541. The number of nitrogens with two attached hydrogens (primary N) is 1. The summed E-state index contributed by atoms with van der Waals surface area (Å²) in [5, 5.41) is 3.21. The van der Waals surface area contributed by atoms with Crippen LogP contribution in [0.15, 0.2) is 24.4 Å². The molecule has 5 heteroatoms. The monoisotopic (exact) mass is 261 g/mol. The summed E-state index contributed by atoms with van der Waals surface area (Å²) in [4.78, 5) is 17.6. The van der Waals surface area contributed by atoms with Crippen LogP contribution in [-0.2, 0) is 6.54 Å². The van der Waals surface area contributed by atoms with Crippen LogP contribution in [0.4, 0.5) is 5.82 Å². The normalized spacial score (nSPS) is 10.3. The lowest BCUT2D eigenvalue weighted by Gasteiger charge is -2.03. The average molecular weight is 261 g/mol.